The van der Waals surface area contributed by atoms with E-state index in [1.165, 1.54) is 6.08 Å². The fourth-order valence-electron chi connectivity index (χ4n) is 2.76. The molecule has 3 rings (SSSR count). The molecule has 5 nitrogen and oxygen atoms in total. The maximum Gasteiger partial charge on any atom is 0.352 e. The molecule has 3 aromatic rings. The Morgan fingerprint density at radius 3 is 2.45 bits per heavy atom. The molecule has 0 bridgehead atoms. The van der Waals surface area contributed by atoms with E-state index in [1.54, 1.807) is 54.6 Å². The van der Waals surface area contributed by atoms with Crippen molar-refractivity contribution in [1.29, 1.82) is 0 Å². The molecule has 0 aliphatic heterocycles. The second-order valence-corrected chi connectivity index (χ2v) is 6.53. The van der Waals surface area contributed by atoms with Crippen molar-refractivity contribution in [3.63, 3.8) is 0 Å². The van der Waals surface area contributed by atoms with E-state index in [4.69, 9.17) is 4.74 Å². The van der Waals surface area contributed by atoms with Crippen LogP contribution in [0, 0.1) is 6.92 Å². The lowest BCUT2D eigenvalue weighted by atomic mass is 10.1. The summed E-state index contributed by atoms with van der Waals surface area (Å²) in [5.41, 5.74) is 2.98. The van der Waals surface area contributed by atoms with Crippen molar-refractivity contribution in [1.82, 2.24) is 5.32 Å². The summed E-state index contributed by atoms with van der Waals surface area (Å²) in [6.07, 6.45) is 1.41. The standard InChI is InChI=1S/C24H21NO4/c1-17-7-5-9-19(13-17)16-29-21-12-6-8-18(14-21)15-22(24(27)28)25-23(26)20-10-3-2-4-11-20/h2-15H,16H2,1H3,(H,25,26)(H,27,28)/b22-15+. The van der Waals surface area contributed by atoms with Crippen LogP contribution in [0.5, 0.6) is 5.75 Å². The molecule has 146 valence electrons. The summed E-state index contributed by atoms with van der Waals surface area (Å²) >= 11 is 0. The fraction of sp³-hybridized carbons (Fsp3) is 0.0833. The van der Waals surface area contributed by atoms with Gasteiger partial charge in [-0.2, -0.15) is 0 Å². The average Bonchev–Trinajstić information content (AvgIpc) is 2.72. The molecule has 0 unspecified atom stereocenters. The summed E-state index contributed by atoms with van der Waals surface area (Å²) in [6, 6.07) is 23.5. The molecule has 0 radical (unpaired) electrons. The van der Waals surface area contributed by atoms with Crippen LogP contribution in [0.4, 0.5) is 0 Å². The Balaban J connectivity index is 1.73. The van der Waals surface area contributed by atoms with Crippen molar-refractivity contribution in [2.45, 2.75) is 13.5 Å². The second-order valence-electron chi connectivity index (χ2n) is 6.53. The number of nitrogens with one attached hydrogen (secondary N) is 1. The first-order chi connectivity index (χ1) is 14.0. The highest BCUT2D eigenvalue weighted by molar-refractivity contribution is 6.02. The molecular weight excluding hydrogens is 366 g/mol. The van der Waals surface area contributed by atoms with Gasteiger partial charge in [0.2, 0.25) is 0 Å². The van der Waals surface area contributed by atoms with Gasteiger partial charge < -0.3 is 15.2 Å². The summed E-state index contributed by atoms with van der Waals surface area (Å²) in [5, 5.41) is 11.9. The normalized spacial score (nSPS) is 11.0. The number of carbonyl (C=O) groups is 2. The molecule has 0 aliphatic rings. The van der Waals surface area contributed by atoms with Gasteiger partial charge in [-0.1, -0.05) is 60.2 Å². The Labute approximate surface area is 169 Å². The fourth-order valence-corrected chi connectivity index (χ4v) is 2.76. The van der Waals surface area contributed by atoms with E-state index in [9.17, 15) is 14.7 Å². The Morgan fingerprint density at radius 2 is 1.72 bits per heavy atom. The molecule has 3 aromatic carbocycles. The molecule has 29 heavy (non-hydrogen) atoms. The van der Waals surface area contributed by atoms with E-state index in [1.807, 2.05) is 31.2 Å². The Kier molecular flexibility index (Phi) is 6.43. The number of ether oxygens (including phenoxy) is 1. The summed E-state index contributed by atoms with van der Waals surface area (Å²) in [6.45, 7) is 2.43. The van der Waals surface area contributed by atoms with Crippen LogP contribution in [0.2, 0.25) is 0 Å². The van der Waals surface area contributed by atoms with Gasteiger partial charge in [-0.3, -0.25) is 4.79 Å². The van der Waals surface area contributed by atoms with Crippen LogP contribution in [0.25, 0.3) is 6.08 Å². The van der Waals surface area contributed by atoms with E-state index >= 15 is 0 Å². The first kappa shape index (κ1) is 19.9. The number of carbonyl (C=O) groups excluding carboxylic acids is 1. The Hall–Kier alpha value is -3.86. The van der Waals surface area contributed by atoms with Crippen LogP contribution in [0.1, 0.15) is 27.0 Å². The van der Waals surface area contributed by atoms with Crippen LogP contribution < -0.4 is 10.1 Å². The molecule has 1 amide bonds. The van der Waals surface area contributed by atoms with Gasteiger partial charge in [-0.05, 0) is 48.4 Å². The maximum absolute atomic E-state index is 12.3. The first-order valence-corrected chi connectivity index (χ1v) is 9.11. The van der Waals surface area contributed by atoms with Crippen molar-refractivity contribution >= 4 is 18.0 Å². The third-order valence-electron chi connectivity index (χ3n) is 4.17. The first-order valence-electron chi connectivity index (χ1n) is 9.11. The van der Waals surface area contributed by atoms with Crippen molar-refractivity contribution in [3.05, 3.63) is 107 Å². The zero-order valence-corrected chi connectivity index (χ0v) is 16.0. The largest absolute Gasteiger partial charge is 0.489 e. The molecule has 2 N–H and O–H groups in total. The van der Waals surface area contributed by atoms with E-state index in [-0.39, 0.29) is 5.70 Å². The molecule has 0 atom stereocenters. The summed E-state index contributed by atoms with van der Waals surface area (Å²) in [7, 11) is 0. The number of aliphatic carboxylic acids is 1. The van der Waals surface area contributed by atoms with Gasteiger partial charge in [-0.15, -0.1) is 0 Å². The number of amides is 1. The van der Waals surface area contributed by atoms with Crippen molar-refractivity contribution in [2.24, 2.45) is 0 Å². The lowest BCUT2D eigenvalue weighted by molar-refractivity contribution is -0.132. The number of hydrogen-bond acceptors (Lipinski definition) is 3. The van der Waals surface area contributed by atoms with Crippen LogP contribution >= 0.6 is 0 Å². The number of rotatable bonds is 7. The van der Waals surface area contributed by atoms with E-state index in [0.29, 0.717) is 23.5 Å². The van der Waals surface area contributed by atoms with Gasteiger partial charge in [-0.25, -0.2) is 4.79 Å². The van der Waals surface area contributed by atoms with Gasteiger partial charge in [0.1, 0.15) is 18.1 Å². The SMILES string of the molecule is Cc1cccc(COc2cccc(/C=C(/NC(=O)c3ccccc3)C(=O)O)c2)c1. The maximum atomic E-state index is 12.3. The molecule has 0 fully saturated rings. The number of aryl methyl sites for hydroxylation is 1. The lowest BCUT2D eigenvalue weighted by Crippen LogP contribution is -2.27. The summed E-state index contributed by atoms with van der Waals surface area (Å²) in [4.78, 5) is 23.8. The zero-order valence-electron chi connectivity index (χ0n) is 16.0. The van der Waals surface area contributed by atoms with Gasteiger partial charge in [0, 0.05) is 5.56 Å². The van der Waals surface area contributed by atoms with E-state index in [2.05, 4.69) is 5.32 Å². The average molecular weight is 387 g/mol. The zero-order chi connectivity index (χ0) is 20.6. The monoisotopic (exact) mass is 387 g/mol. The lowest BCUT2D eigenvalue weighted by Gasteiger charge is -2.09. The van der Waals surface area contributed by atoms with Crippen LogP contribution in [0.15, 0.2) is 84.6 Å². The van der Waals surface area contributed by atoms with Crippen LogP contribution in [-0.4, -0.2) is 17.0 Å². The topological polar surface area (TPSA) is 75.6 Å². The van der Waals surface area contributed by atoms with Gasteiger partial charge in [0.15, 0.2) is 0 Å². The molecule has 0 saturated heterocycles. The molecule has 0 aromatic heterocycles. The third-order valence-corrected chi connectivity index (χ3v) is 4.17. The summed E-state index contributed by atoms with van der Waals surface area (Å²) < 4.78 is 5.82. The number of benzene rings is 3. The molecule has 0 spiro atoms. The minimum atomic E-state index is -1.22. The van der Waals surface area contributed by atoms with Crippen molar-refractivity contribution < 1.29 is 19.4 Å². The highest BCUT2D eigenvalue weighted by Gasteiger charge is 2.13. The highest BCUT2D eigenvalue weighted by Crippen LogP contribution is 2.18. The second kappa shape index (κ2) is 9.37. The minimum Gasteiger partial charge on any atom is -0.489 e. The molecule has 0 saturated carbocycles. The van der Waals surface area contributed by atoms with Crippen molar-refractivity contribution in [3.8, 4) is 5.75 Å². The molecule has 0 aliphatic carbocycles. The smallest absolute Gasteiger partial charge is 0.352 e. The third kappa shape index (κ3) is 5.81. The van der Waals surface area contributed by atoms with Crippen LogP contribution in [-0.2, 0) is 11.4 Å². The van der Waals surface area contributed by atoms with Gasteiger partial charge in [0.25, 0.3) is 5.91 Å². The van der Waals surface area contributed by atoms with Gasteiger partial charge in [0.05, 0.1) is 0 Å². The Morgan fingerprint density at radius 1 is 0.966 bits per heavy atom. The predicted octanol–water partition coefficient (Wildman–Crippen LogP) is 4.43. The highest BCUT2D eigenvalue weighted by atomic mass is 16.5. The quantitative estimate of drug-likeness (QED) is 0.588. The molecule has 5 heteroatoms. The molecular formula is C24H21NO4. The number of carboxylic acid groups (broad SMARTS) is 1. The number of hydrogen-bond donors (Lipinski definition) is 2. The van der Waals surface area contributed by atoms with Crippen LogP contribution in [0.3, 0.4) is 0 Å². The van der Waals surface area contributed by atoms with E-state index in [0.717, 1.165) is 11.1 Å². The van der Waals surface area contributed by atoms with E-state index < -0.39 is 11.9 Å². The number of carboxylic acids is 1. The molecule has 0 heterocycles. The predicted molar refractivity (Wildman–Crippen MR) is 111 cm³/mol. The Bertz CT molecular complexity index is 1040. The van der Waals surface area contributed by atoms with Crippen molar-refractivity contribution in [2.75, 3.05) is 0 Å². The minimum absolute atomic E-state index is 0.213. The van der Waals surface area contributed by atoms with Gasteiger partial charge >= 0.3 is 5.97 Å². The summed E-state index contributed by atoms with van der Waals surface area (Å²) in [5.74, 6) is -1.09.